The molecule has 0 saturated heterocycles. The highest BCUT2D eigenvalue weighted by Crippen LogP contribution is 2.38. The van der Waals surface area contributed by atoms with Crippen molar-refractivity contribution in [3.63, 3.8) is 0 Å². The van der Waals surface area contributed by atoms with Crippen molar-refractivity contribution >= 4 is 27.4 Å². The molecular weight excluding hydrogens is 378 g/mol. The van der Waals surface area contributed by atoms with Crippen molar-refractivity contribution in [2.75, 3.05) is 24.3 Å². The van der Waals surface area contributed by atoms with E-state index in [0.29, 0.717) is 5.69 Å². The first-order chi connectivity index (χ1) is 13.3. The first-order valence-electron chi connectivity index (χ1n) is 9.35. The van der Waals surface area contributed by atoms with E-state index in [0.717, 1.165) is 55.3 Å². The Kier molecular flexibility index (Phi) is 4.70. The SMILES string of the molecule is CN(C)c1cnc(S(=O)(=O)NC(=O)Nc2c3c(cc4c2CCC4)CCC3)nc1. The summed E-state index contributed by atoms with van der Waals surface area (Å²) >= 11 is 0. The molecule has 1 heterocycles. The second-order valence-corrected chi connectivity index (χ2v) is 8.99. The Morgan fingerprint density at radius 3 is 2.11 bits per heavy atom. The van der Waals surface area contributed by atoms with Crippen LogP contribution in [0.15, 0.2) is 23.6 Å². The summed E-state index contributed by atoms with van der Waals surface area (Å²) in [6.07, 6.45) is 8.72. The molecule has 0 radical (unpaired) electrons. The molecule has 0 spiro atoms. The quantitative estimate of drug-likeness (QED) is 0.760. The first-order valence-corrected chi connectivity index (χ1v) is 10.8. The van der Waals surface area contributed by atoms with E-state index in [9.17, 15) is 13.2 Å². The molecule has 1 aromatic carbocycles. The van der Waals surface area contributed by atoms with Crippen LogP contribution in [0.4, 0.5) is 16.2 Å². The fourth-order valence-electron chi connectivity index (χ4n) is 3.95. The van der Waals surface area contributed by atoms with Crippen molar-refractivity contribution < 1.29 is 13.2 Å². The molecule has 9 heteroatoms. The summed E-state index contributed by atoms with van der Waals surface area (Å²) in [5.74, 6) is 0. The summed E-state index contributed by atoms with van der Waals surface area (Å²) in [5, 5.41) is 2.37. The van der Waals surface area contributed by atoms with Gasteiger partial charge in [-0.1, -0.05) is 6.07 Å². The van der Waals surface area contributed by atoms with Gasteiger partial charge in [0.05, 0.1) is 18.1 Å². The zero-order valence-electron chi connectivity index (χ0n) is 15.9. The minimum absolute atomic E-state index is 0.434. The van der Waals surface area contributed by atoms with Crippen LogP contribution in [0, 0.1) is 0 Å². The Bertz CT molecular complexity index is 1000. The molecule has 148 valence electrons. The Morgan fingerprint density at radius 1 is 1.00 bits per heavy atom. The number of sulfonamides is 1. The molecule has 0 aliphatic heterocycles. The third kappa shape index (κ3) is 3.42. The van der Waals surface area contributed by atoms with E-state index in [1.165, 1.54) is 23.5 Å². The number of rotatable bonds is 4. The largest absolute Gasteiger partial charge is 0.375 e. The van der Waals surface area contributed by atoms with Gasteiger partial charge < -0.3 is 10.2 Å². The van der Waals surface area contributed by atoms with Crippen LogP contribution in [0.3, 0.4) is 0 Å². The van der Waals surface area contributed by atoms with Crippen LogP contribution in [-0.4, -0.2) is 38.5 Å². The van der Waals surface area contributed by atoms with Crippen LogP contribution in [0.2, 0.25) is 0 Å². The fourth-order valence-corrected chi connectivity index (χ4v) is 4.72. The number of anilines is 2. The lowest BCUT2D eigenvalue weighted by Gasteiger charge is -2.16. The molecule has 28 heavy (non-hydrogen) atoms. The maximum Gasteiger partial charge on any atom is 0.333 e. The zero-order valence-corrected chi connectivity index (χ0v) is 16.8. The van der Waals surface area contributed by atoms with E-state index in [2.05, 4.69) is 21.4 Å². The van der Waals surface area contributed by atoms with E-state index < -0.39 is 21.2 Å². The molecule has 0 unspecified atom stereocenters. The molecule has 8 nitrogen and oxygen atoms in total. The Balaban J connectivity index is 1.55. The van der Waals surface area contributed by atoms with Gasteiger partial charge in [0, 0.05) is 19.8 Å². The van der Waals surface area contributed by atoms with Crippen LogP contribution < -0.4 is 14.9 Å². The minimum Gasteiger partial charge on any atom is -0.375 e. The lowest BCUT2D eigenvalue weighted by Crippen LogP contribution is -2.35. The average molecular weight is 401 g/mol. The standard InChI is InChI=1S/C19H23N5O3S/c1-24(2)14-10-20-19(21-11-14)28(26,27)23-18(25)22-17-15-7-3-5-12(15)9-13-6-4-8-16(13)17/h9-11H,3-8H2,1-2H3,(H2,22,23,25). The van der Waals surface area contributed by atoms with Crippen LogP contribution in [0.25, 0.3) is 0 Å². The molecule has 0 bridgehead atoms. The minimum atomic E-state index is -4.15. The van der Waals surface area contributed by atoms with Gasteiger partial charge in [-0.2, -0.15) is 8.42 Å². The van der Waals surface area contributed by atoms with Gasteiger partial charge in [-0.25, -0.2) is 19.5 Å². The number of aromatic nitrogens is 2. The summed E-state index contributed by atoms with van der Waals surface area (Å²) in [6, 6.07) is 1.47. The summed E-state index contributed by atoms with van der Waals surface area (Å²) in [5.41, 5.74) is 6.26. The van der Waals surface area contributed by atoms with Crippen LogP contribution in [0.5, 0.6) is 0 Å². The van der Waals surface area contributed by atoms with Crippen LogP contribution in [-0.2, 0) is 35.7 Å². The summed E-state index contributed by atoms with van der Waals surface area (Å²) in [6.45, 7) is 0. The van der Waals surface area contributed by atoms with Gasteiger partial charge >= 0.3 is 16.1 Å². The van der Waals surface area contributed by atoms with E-state index in [-0.39, 0.29) is 0 Å². The van der Waals surface area contributed by atoms with Gasteiger partial charge in [0.1, 0.15) is 0 Å². The van der Waals surface area contributed by atoms with Crippen LogP contribution in [0.1, 0.15) is 35.1 Å². The number of hydrogen-bond acceptors (Lipinski definition) is 6. The van der Waals surface area contributed by atoms with Gasteiger partial charge in [-0.15, -0.1) is 0 Å². The zero-order chi connectivity index (χ0) is 19.9. The van der Waals surface area contributed by atoms with E-state index in [1.807, 2.05) is 4.72 Å². The van der Waals surface area contributed by atoms with E-state index in [1.54, 1.807) is 19.0 Å². The molecule has 0 atom stereocenters. The average Bonchev–Trinajstić information content (AvgIpc) is 3.30. The lowest BCUT2D eigenvalue weighted by molar-refractivity contribution is 0.256. The second kappa shape index (κ2) is 7.05. The van der Waals surface area contributed by atoms with Crippen molar-refractivity contribution in [3.05, 3.63) is 40.7 Å². The highest BCUT2D eigenvalue weighted by molar-refractivity contribution is 7.89. The molecule has 4 rings (SSSR count). The number of amides is 2. The number of carbonyl (C=O) groups is 1. The summed E-state index contributed by atoms with van der Waals surface area (Å²) in [7, 11) is -0.551. The molecule has 2 aliphatic carbocycles. The predicted molar refractivity (Wildman–Crippen MR) is 106 cm³/mol. The van der Waals surface area contributed by atoms with E-state index >= 15 is 0 Å². The number of aryl methyl sites for hydroxylation is 2. The topological polar surface area (TPSA) is 104 Å². The Morgan fingerprint density at radius 2 is 1.57 bits per heavy atom. The number of carbonyl (C=O) groups excluding carboxylic acids is 1. The lowest BCUT2D eigenvalue weighted by atomic mass is 9.99. The molecule has 2 aliphatic rings. The number of hydrogen-bond donors (Lipinski definition) is 2. The molecule has 0 fully saturated rings. The van der Waals surface area contributed by atoms with Crippen molar-refractivity contribution in [2.45, 2.75) is 43.7 Å². The molecule has 2 N–H and O–H groups in total. The normalized spacial score (nSPS) is 15.1. The van der Waals surface area contributed by atoms with Gasteiger partial charge in [-0.3, -0.25) is 0 Å². The maximum atomic E-state index is 12.5. The fraction of sp³-hybridized carbons (Fsp3) is 0.421. The smallest absolute Gasteiger partial charge is 0.333 e. The molecule has 2 amide bonds. The second-order valence-electron chi connectivity index (χ2n) is 7.41. The number of fused-ring (bicyclic) bond motifs is 2. The number of benzene rings is 1. The number of urea groups is 1. The monoisotopic (exact) mass is 401 g/mol. The van der Waals surface area contributed by atoms with Gasteiger partial charge in [-0.05, 0) is 60.8 Å². The maximum absolute atomic E-state index is 12.5. The highest BCUT2D eigenvalue weighted by atomic mass is 32.2. The van der Waals surface area contributed by atoms with Crippen molar-refractivity contribution in [3.8, 4) is 0 Å². The molecular formula is C19H23N5O3S. The highest BCUT2D eigenvalue weighted by Gasteiger charge is 2.27. The molecule has 2 aromatic rings. The van der Waals surface area contributed by atoms with Crippen molar-refractivity contribution in [1.29, 1.82) is 0 Å². The third-order valence-corrected chi connectivity index (χ3v) is 6.46. The third-order valence-electron chi connectivity index (χ3n) is 5.31. The van der Waals surface area contributed by atoms with Crippen molar-refractivity contribution in [1.82, 2.24) is 14.7 Å². The van der Waals surface area contributed by atoms with Crippen molar-refractivity contribution in [2.24, 2.45) is 0 Å². The Hall–Kier alpha value is -2.68. The number of nitrogens with one attached hydrogen (secondary N) is 2. The van der Waals surface area contributed by atoms with Crippen LogP contribution >= 0.6 is 0 Å². The summed E-state index contributed by atoms with van der Waals surface area (Å²) in [4.78, 5) is 22.0. The van der Waals surface area contributed by atoms with E-state index in [4.69, 9.17) is 0 Å². The van der Waals surface area contributed by atoms with Gasteiger partial charge in [0.2, 0.25) is 0 Å². The van der Waals surface area contributed by atoms with Gasteiger partial charge in [0.15, 0.2) is 0 Å². The Labute approximate surface area is 164 Å². The predicted octanol–water partition coefficient (Wildman–Crippen LogP) is 2.03. The molecule has 1 aromatic heterocycles. The molecule has 0 saturated carbocycles. The summed E-state index contributed by atoms with van der Waals surface area (Å²) < 4.78 is 27.0. The first kappa shape index (κ1) is 18.7. The van der Waals surface area contributed by atoms with Gasteiger partial charge in [0.25, 0.3) is 5.16 Å². The number of nitrogens with zero attached hydrogens (tertiary/aromatic N) is 3.